The van der Waals surface area contributed by atoms with E-state index in [9.17, 15) is 9.59 Å². The number of fused-ring (bicyclic) bond motifs is 1. The number of carbonyl (C=O) groups is 2. The van der Waals surface area contributed by atoms with Crippen molar-refractivity contribution in [1.82, 2.24) is 9.38 Å². The number of benzene rings is 1. The van der Waals surface area contributed by atoms with E-state index in [0.29, 0.717) is 12.2 Å². The van der Waals surface area contributed by atoms with E-state index in [-0.39, 0.29) is 24.9 Å². The maximum Gasteiger partial charge on any atom is 0.311 e. The van der Waals surface area contributed by atoms with Crippen molar-refractivity contribution in [3.05, 3.63) is 65.6 Å². The molecule has 0 bridgehead atoms. The van der Waals surface area contributed by atoms with Crippen molar-refractivity contribution in [2.75, 3.05) is 11.4 Å². The minimum absolute atomic E-state index is 0.0517. The summed E-state index contributed by atoms with van der Waals surface area (Å²) in [4.78, 5) is 30.9. The number of ether oxygens (including phenoxy) is 1. The Morgan fingerprint density at radius 2 is 2.00 bits per heavy atom. The minimum atomic E-state index is -0.447. The summed E-state index contributed by atoms with van der Waals surface area (Å²) >= 11 is 0. The van der Waals surface area contributed by atoms with Gasteiger partial charge in [-0.1, -0.05) is 23.8 Å². The molecule has 3 aromatic rings. The lowest BCUT2D eigenvalue weighted by molar-refractivity contribution is -0.149. The first-order valence-electron chi connectivity index (χ1n) is 8.98. The molecule has 1 saturated heterocycles. The molecule has 138 valence electrons. The molecule has 3 heterocycles. The third-order valence-corrected chi connectivity index (χ3v) is 4.89. The molecule has 27 heavy (non-hydrogen) atoms. The number of nitrogens with zero attached hydrogens (tertiary/aromatic N) is 3. The largest absolute Gasteiger partial charge is 0.459 e. The van der Waals surface area contributed by atoms with Gasteiger partial charge in [-0.25, -0.2) is 4.98 Å². The number of imidazole rings is 1. The Balaban J connectivity index is 1.40. The predicted molar refractivity (Wildman–Crippen MR) is 101 cm³/mol. The van der Waals surface area contributed by atoms with E-state index in [1.54, 1.807) is 4.90 Å². The molecule has 4 rings (SSSR count). The molecule has 2 aromatic heterocycles. The lowest BCUT2D eigenvalue weighted by Gasteiger charge is -2.16. The number of hydrogen-bond donors (Lipinski definition) is 0. The van der Waals surface area contributed by atoms with E-state index >= 15 is 0 Å². The normalized spacial score (nSPS) is 16.9. The molecule has 1 aliphatic rings. The minimum Gasteiger partial charge on any atom is -0.459 e. The highest BCUT2D eigenvalue weighted by Crippen LogP contribution is 2.26. The molecule has 1 fully saturated rings. The van der Waals surface area contributed by atoms with E-state index in [1.165, 1.54) is 0 Å². The van der Waals surface area contributed by atoms with Crippen LogP contribution in [0.2, 0.25) is 0 Å². The van der Waals surface area contributed by atoms with Crippen molar-refractivity contribution in [2.45, 2.75) is 26.9 Å². The topological polar surface area (TPSA) is 63.9 Å². The number of rotatable bonds is 4. The van der Waals surface area contributed by atoms with Gasteiger partial charge >= 0.3 is 5.97 Å². The zero-order chi connectivity index (χ0) is 19.0. The first-order valence-corrected chi connectivity index (χ1v) is 8.98. The van der Waals surface area contributed by atoms with Gasteiger partial charge in [-0.15, -0.1) is 0 Å². The molecule has 0 unspecified atom stereocenters. The number of hydrogen-bond acceptors (Lipinski definition) is 4. The Hall–Kier alpha value is -3.15. The SMILES string of the molecule is Cc1ccc(N2C[C@H](C(=O)OCc3cn4cccc(C)c4n3)CC2=O)cc1. The average Bonchev–Trinajstić information content (AvgIpc) is 3.25. The highest BCUT2D eigenvalue weighted by Gasteiger charge is 2.36. The molecule has 6 nitrogen and oxygen atoms in total. The van der Waals surface area contributed by atoms with Gasteiger partial charge in [0.2, 0.25) is 5.91 Å². The van der Waals surface area contributed by atoms with Crippen LogP contribution in [0.4, 0.5) is 5.69 Å². The van der Waals surface area contributed by atoms with Gasteiger partial charge in [0.25, 0.3) is 0 Å². The number of pyridine rings is 1. The zero-order valence-electron chi connectivity index (χ0n) is 15.4. The molecule has 0 radical (unpaired) electrons. The van der Waals surface area contributed by atoms with Crippen molar-refractivity contribution in [3.8, 4) is 0 Å². The molecule has 6 heteroatoms. The van der Waals surface area contributed by atoms with E-state index in [4.69, 9.17) is 4.74 Å². The van der Waals surface area contributed by atoms with Crippen LogP contribution in [0.3, 0.4) is 0 Å². The van der Waals surface area contributed by atoms with E-state index in [0.717, 1.165) is 22.5 Å². The summed E-state index contributed by atoms with van der Waals surface area (Å²) in [7, 11) is 0. The number of amides is 1. The number of esters is 1. The molecular weight excluding hydrogens is 342 g/mol. The maximum atomic E-state index is 12.4. The van der Waals surface area contributed by atoms with Crippen LogP contribution >= 0.6 is 0 Å². The Labute approximate surface area is 157 Å². The van der Waals surface area contributed by atoms with Crippen LogP contribution in [-0.2, 0) is 20.9 Å². The van der Waals surface area contributed by atoms with Crippen LogP contribution in [-0.4, -0.2) is 27.8 Å². The molecule has 0 N–H and O–H groups in total. The molecule has 1 amide bonds. The summed E-state index contributed by atoms with van der Waals surface area (Å²) in [5, 5.41) is 0. The van der Waals surface area contributed by atoms with Gasteiger partial charge in [0.15, 0.2) is 0 Å². The van der Waals surface area contributed by atoms with Gasteiger partial charge in [0.1, 0.15) is 12.3 Å². The maximum absolute atomic E-state index is 12.4. The van der Waals surface area contributed by atoms with Crippen LogP contribution < -0.4 is 4.90 Å². The predicted octanol–water partition coefficient (Wildman–Crippen LogP) is 3.05. The van der Waals surface area contributed by atoms with Crippen molar-refractivity contribution < 1.29 is 14.3 Å². The monoisotopic (exact) mass is 363 g/mol. The van der Waals surface area contributed by atoms with Gasteiger partial charge in [0.05, 0.1) is 11.6 Å². The molecule has 0 aliphatic carbocycles. The molecule has 0 saturated carbocycles. The fraction of sp³-hybridized carbons (Fsp3) is 0.286. The van der Waals surface area contributed by atoms with Crippen LogP contribution in [0.1, 0.15) is 23.2 Å². The quantitative estimate of drug-likeness (QED) is 0.669. The van der Waals surface area contributed by atoms with Gasteiger partial charge in [0, 0.05) is 31.0 Å². The fourth-order valence-electron chi connectivity index (χ4n) is 3.38. The third-order valence-electron chi connectivity index (χ3n) is 4.89. The Bertz CT molecular complexity index is 1010. The van der Waals surface area contributed by atoms with Crippen molar-refractivity contribution in [1.29, 1.82) is 0 Å². The van der Waals surface area contributed by atoms with E-state index in [1.807, 2.05) is 67.0 Å². The van der Waals surface area contributed by atoms with Gasteiger partial charge in [-0.3, -0.25) is 9.59 Å². The highest BCUT2D eigenvalue weighted by molar-refractivity contribution is 5.99. The lowest BCUT2D eigenvalue weighted by atomic mass is 10.1. The van der Waals surface area contributed by atoms with Crippen molar-refractivity contribution in [2.24, 2.45) is 5.92 Å². The number of anilines is 1. The molecular formula is C21H21N3O3. The van der Waals surface area contributed by atoms with Gasteiger partial charge < -0.3 is 14.0 Å². The highest BCUT2D eigenvalue weighted by atomic mass is 16.5. The standard InChI is InChI=1S/C21H21N3O3/c1-14-5-7-18(8-6-14)24-11-16(10-19(24)25)21(26)27-13-17-12-23-9-3-4-15(2)20(23)22-17/h3-9,12,16H,10-11,13H2,1-2H3/t16-/m1/s1. The first-order chi connectivity index (χ1) is 13.0. The zero-order valence-corrected chi connectivity index (χ0v) is 15.4. The molecule has 1 aliphatic heterocycles. The summed E-state index contributed by atoms with van der Waals surface area (Å²) in [6, 6.07) is 11.7. The van der Waals surface area contributed by atoms with Crippen LogP contribution in [0, 0.1) is 19.8 Å². The third kappa shape index (κ3) is 3.43. The van der Waals surface area contributed by atoms with E-state index in [2.05, 4.69) is 4.98 Å². The first kappa shape index (κ1) is 17.3. The van der Waals surface area contributed by atoms with Crippen molar-refractivity contribution in [3.63, 3.8) is 0 Å². The Morgan fingerprint density at radius 1 is 1.22 bits per heavy atom. The van der Waals surface area contributed by atoms with Crippen LogP contribution in [0.5, 0.6) is 0 Å². The van der Waals surface area contributed by atoms with E-state index < -0.39 is 5.92 Å². The van der Waals surface area contributed by atoms with Crippen LogP contribution in [0.25, 0.3) is 5.65 Å². The Morgan fingerprint density at radius 3 is 2.74 bits per heavy atom. The summed E-state index contributed by atoms with van der Waals surface area (Å²) in [6.07, 6.45) is 3.95. The van der Waals surface area contributed by atoms with Gasteiger partial charge in [-0.2, -0.15) is 0 Å². The summed E-state index contributed by atoms with van der Waals surface area (Å²) in [5.74, 6) is -0.853. The second-order valence-electron chi connectivity index (χ2n) is 7.00. The number of carbonyl (C=O) groups excluding carboxylic acids is 2. The summed E-state index contributed by atoms with van der Waals surface area (Å²) < 4.78 is 7.35. The second kappa shape index (κ2) is 6.87. The summed E-state index contributed by atoms with van der Waals surface area (Å²) in [5.41, 5.74) is 4.55. The Kier molecular flexibility index (Phi) is 4.39. The molecule has 0 spiro atoms. The molecule has 1 aromatic carbocycles. The average molecular weight is 363 g/mol. The summed E-state index contributed by atoms with van der Waals surface area (Å²) in [6.45, 7) is 4.44. The second-order valence-corrected chi connectivity index (χ2v) is 7.00. The number of aryl methyl sites for hydroxylation is 2. The van der Waals surface area contributed by atoms with Crippen molar-refractivity contribution >= 4 is 23.2 Å². The number of aromatic nitrogens is 2. The lowest BCUT2D eigenvalue weighted by Crippen LogP contribution is -2.26. The van der Waals surface area contributed by atoms with Gasteiger partial charge in [-0.05, 0) is 37.6 Å². The fourth-order valence-corrected chi connectivity index (χ4v) is 3.38. The molecule has 1 atom stereocenters. The van der Waals surface area contributed by atoms with Crippen LogP contribution in [0.15, 0.2) is 48.8 Å². The smallest absolute Gasteiger partial charge is 0.311 e.